The van der Waals surface area contributed by atoms with Crippen LogP contribution in [0.5, 0.6) is 0 Å². The summed E-state index contributed by atoms with van der Waals surface area (Å²) >= 11 is 3.36. The highest BCUT2D eigenvalue weighted by Crippen LogP contribution is 2.17. The monoisotopic (exact) mass is 344 g/mol. The lowest BCUT2D eigenvalue weighted by Gasteiger charge is -2.07. The summed E-state index contributed by atoms with van der Waals surface area (Å²) in [4.78, 5) is 12.2. The summed E-state index contributed by atoms with van der Waals surface area (Å²) < 4.78 is 4.42. The fourth-order valence-electron chi connectivity index (χ4n) is 2.06. The molecule has 0 spiro atoms. The van der Waals surface area contributed by atoms with Crippen LogP contribution >= 0.6 is 15.9 Å². The van der Waals surface area contributed by atoms with Crippen LogP contribution in [0, 0.1) is 0 Å². The van der Waals surface area contributed by atoms with Crippen molar-refractivity contribution in [1.82, 2.24) is 14.3 Å². The number of anilines is 1. The van der Waals surface area contributed by atoms with Crippen molar-refractivity contribution < 1.29 is 4.79 Å². The number of halogens is 1. The quantitative estimate of drug-likeness (QED) is 0.792. The molecular formula is C15H13BrN4O. The van der Waals surface area contributed by atoms with E-state index in [1.54, 1.807) is 21.5 Å². The van der Waals surface area contributed by atoms with E-state index in [1.807, 2.05) is 49.8 Å². The van der Waals surface area contributed by atoms with Crippen molar-refractivity contribution in [2.45, 2.75) is 0 Å². The lowest BCUT2D eigenvalue weighted by molar-refractivity contribution is 0.101. The molecule has 106 valence electrons. The first kappa shape index (κ1) is 13.6. The number of nitrogens with one attached hydrogen (secondary N) is 1. The van der Waals surface area contributed by atoms with Crippen molar-refractivity contribution in [1.29, 1.82) is 0 Å². The van der Waals surface area contributed by atoms with Crippen LogP contribution in [0.4, 0.5) is 5.69 Å². The van der Waals surface area contributed by atoms with Crippen LogP contribution in [0.3, 0.4) is 0 Å². The highest BCUT2D eigenvalue weighted by molar-refractivity contribution is 9.10. The predicted octanol–water partition coefficient (Wildman–Crippen LogP) is 3.23. The number of nitrogens with zero attached hydrogens (tertiary/aromatic N) is 3. The van der Waals surface area contributed by atoms with Gasteiger partial charge in [-0.3, -0.25) is 4.79 Å². The van der Waals surface area contributed by atoms with Crippen molar-refractivity contribution in [2.75, 3.05) is 5.32 Å². The van der Waals surface area contributed by atoms with Crippen LogP contribution in [0.25, 0.3) is 5.69 Å². The van der Waals surface area contributed by atoms with Gasteiger partial charge in [0.1, 0.15) is 5.69 Å². The zero-order valence-corrected chi connectivity index (χ0v) is 12.9. The first-order valence-corrected chi connectivity index (χ1v) is 7.16. The number of carbonyl (C=O) groups excluding carboxylic acids is 1. The van der Waals surface area contributed by atoms with Crippen LogP contribution in [0.1, 0.15) is 10.5 Å². The summed E-state index contributed by atoms with van der Waals surface area (Å²) in [6, 6.07) is 11.2. The summed E-state index contributed by atoms with van der Waals surface area (Å²) in [5.41, 5.74) is 2.28. The molecule has 0 fully saturated rings. The van der Waals surface area contributed by atoms with Crippen LogP contribution in [-0.2, 0) is 7.05 Å². The third-order valence-electron chi connectivity index (χ3n) is 3.10. The standard InChI is InChI=1S/C15H13BrN4O/c1-19-10-11(16)9-14(19)15(21)18-12-3-5-13(6-4-12)20-8-2-7-17-20/h2-10H,1H3,(H,18,21). The minimum Gasteiger partial charge on any atom is -0.345 e. The highest BCUT2D eigenvalue weighted by Gasteiger charge is 2.11. The molecule has 1 amide bonds. The second-order valence-electron chi connectivity index (χ2n) is 4.61. The third kappa shape index (κ3) is 2.90. The number of aryl methyl sites for hydroxylation is 1. The number of hydrogen-bond donors (Lipinski definition) is 1. The summed E-state index contributed by atoms with van der Waals surface area (Å²) in [6.45, 7) is 0. The van der Waals surface area contributed by atoms with Gasteiger partial charge in [-0.15, -0.1) is 0 Å². The number of benzene rings is 1. The van der Waals surface area contributed by atoms with E-state index in [4.69, 9.17) is 0 Å². The smallest absolute Gasteiger partial charge is 0.272 e. The first-order valence-electron chi connectivity index (χ1n) is 6.37. The van der Waals surface area contributed by atoms with E-state index in [9.17, 15) is 4.79 Å². The van der Waals surface area contributed by atoms with Crippen molar-refractivity contribution in [3.8, 4) is 5.69 Å². The molecular weight excluding hydrogens is 332 g/mol. The fourth-order valence-corrected chi connectivity index (χ4v) is 2.59. The van der Waals surface area contributed by atoms with Crippen LogP contribution in [0.2, 0.25) is 0 Å². The molecule has 3 rings (SSSR count). The van der Waals surface area contributed by atoms with Crippen molar-refractivity contribution in [3.63, 3.8) is 0 Å². The van der Waals surface area contributed by atoms with Crippen molar-refractivity contribution in [2.24, 2.45) is 7.05 Å². The van der Waals surface area contributed by atoms with Crippen LogP contribution < -0.4 is 5.32 Å². The van der Waals surface area contributed by atoms with Crippen molar-refractivity contribution >= 4 is 27.5 Å². The van der Waals surface area contributed by atoms with Gasteiger partial charge >= 0.3 is 0 Å². The Morgan fingerprint density at radius 3 is 2.62 bits per heavy atom. The minimum atomic E-state index is -0.143. The van der Waals surface area contributed by atoms with Gasteiger partial charge in [-0.25, -0.2) is 4.68 Å². The molecule has 1 aromatic carbocycles. The molecule has 0 atom stereocenters. The molecule has 2 heterocycles. The van der Waals surface area contributed by atoms with Gasteiger partial charge in [0.25, 0.3) is 5.91 Å². The Labute approximate surface area is 130 Å². The molecule has 5 nitrogen and oxygen atoms in total. The molecule has 1 N–H and O–H groups in total. The van der Waals surface area contributed by atoms with Crippen LogP contribution in [-0.4, -0.2) is 20.3 Å². The zero-order chi connectivity index (χ0) is 14.8. The molecule has 0 aliphatic rings. The molecule has 6 heteroatoms. The lowest BCUT2D eigenvalue weighted by Crippen LogP contribution is -2.15. The van der Waals surface area contributed by atoms with Gasteiger partial charge in [0.05, 0.1) is 5.69 Å². The second kappa shape index (κ2) is 5.57. The molecule has 0 saturated heterocycles. The van der Waals surface area contributed by atoms with Gasteiger partial charge in [0, 0.05) is 35.8 Å². The zero-order valence-electron chi connectivity index (χ0n) is 11.3. The maximum absolute atomic E-state index is 12.2. The van der Waals surface area contributed by atoms with Gasteiger partial charge in [-0.1, -0.05) is 0 Å². The van der Waals surface area contributed by atoms with Gasteiger partial charge < -0.3 is 9.88 Å². The Morgan fingerprint density at radius 1 is 1.29 bits per heavy atom. The van der Waals surface area contributed by atoms with E-state index in [-0.39, 0.29) is 5.91 Å². The van der Waals surface area contributed by atoms with E-state index >= 15 is 0 Å². The Bertz CT molecular complexity index is 760. The fraction of sp³-hybridized carbons (Fsp3) is 0.0667. The molecule has 0 saturated carbocycles. The lowest BCUT2D eigenvalue weighted by atomic mass is 10.2. The van der Waals surface area contributed by atoms with Gasteiger partial charge in [-0.2, -0.15) is 5.10 Å². The SMILES string of the molecule is Cn1cc(Br)cc1C(=O)Nc1ccc(-n2cccn2)cc1. The molecule has 0 aliphatic carbocycles. The summed E-state index contributed by atoms with van der Waals surface area (Å²) in [5, 5.41) is 7.03. The number of hydrogen-bond acceptors (Lipinski definition) is 2. The van der Waals surface area contributed by atoms with E-state index in [1.165, 1.54) is 0 Å². The molecule has 0 unspecified atom stereocenters. The minimum absolute atomic E-state index is 0.143. The number of rotatable bonds is 3. The van der Waals surface area contributed by atoms with Gasteiger partial charge in [0.2, 0.25) is 0 Å². The largest absolute Gasteiger partial charge is 0.345 e. The number of amides is 1. The van der Waals surface area contributed by atoms with E-state index < -0.39 is 0 Å². The Kier molecular flexibility index (Phi) is 3.62. The Morgan fingerprint density at radius 2 is 2.05 bits per heavy atom. The summed E-state index contributed by atoms with van der Waals surface area (Å²) in [7, 11) is 1.83. The average molecular weight is 345 g/mol. The van der Waals surface area contributed by atoms with Crippen LogP contribution in [0.15, 0.2) is 59.5 Å². The highest BCUT2D eigenvalue weighted by atomic mass is 79.9. The van der Waals surface area contributed by atoms with E-state index in [0.29, 0.717) is 5.69 Å². The number of aromatic nitrogens is 3. The first-order chi connectivity index (χ1) is 10.1. The molecule has 2 aromatic heterocycles. The predicted molar refractivity (Wildman–Crippen MR) is 84.6 cm³/mol. The third-order valence-corrected chi connectivity index (χ3v) is 3.53. The summed E-state index contributed by atoms with van der Waals surface area (Å²) in [5.74, 6) is -0.143. The molecule has 0 aliphatic heterocycles. The molecule has 0 radical (unpaired) electrons. The van der Waals surface area contributed by atoms with Gasteiger partial charge in [-0.05, 0) is 52.3 Å². The number of carbonyl (C=O) groups is 1. The second-order valence-corrected chi connectivity index (χ2v) is 5.52. The maximum atomic E-state index is 12.2. The van der Waals surface area contributed by atoms with E-state index in [0.717, 1.165) is 15.8 Å². The molecule has 0 bridgehead atoms. The van der Waals surface area contributed by atoms with E-state index in [2.05, 4.69) is 26.3 Å². The Balaban J connectivity index is 1.76. The maximum Gasteiger partial charge on any atom is 0.272 e. The average Bonchev–Trinajstić information content (AvgIpc) is 3.09. The van der Waals surface area contributed by atoms with Crippen molar-refractivity contribution in [3.05, 3.63) is 65.2 Å². The molecule has 3 aromatic rings. The topological polar surface area (TPSA) is 51.9 Å². The molecule has 21 heavy (non-hydrogen) atoms. The normalized spacial score (nSPS) is 10.6. The summed E-state index contributed by atoms with van der Waals surface area (Å²) in [6.07, 6.45) is 5.44. The Hall–Kier alpha value is -2.34. The van der Waals surface area contributed by atoms with Gasteiger partial charge in [0.15, 0.2) is 0 Å².